The zero-order valence-corrected chi connectivity index (χ0v) is 6.84. The number of allylic oxidation sites excluding steroid dienone is 1. The number of nitrogens with one attached hydrogen (secondary N) is 1. The highest BCUT2D eigenvalue weighted by Gasteiger charge is 2.05. The lowest BCUT2D eigenvalue weighted by molar-refractivity contribution is 0.529. The van der Waals surface area contributed by atoms with Gasteiger partial charge in [0.2, 0.25) is 0 Å². The Morgan fingerprint density at radius 1 is 1.64 bits per heavy atom. The van der Waals surface area contributed by atoms with E-state index < -0.39 is 0 Å². The summed E-state index contributed by atoms with van der Waals surface area (Å²) in [5.74, 6) is 2.62. The average Bonchev–Trinajstić information content (AvgIpc) is 2.07. The van der Waals surface area contributed by atoms with Gasteiger partial charge >= 0.3 is 0 Å². The molecule has 0 amide bonds. The molecule has 1 unspecified atom stereocenters. The molecular weight excluding hydrogens is 134 g/mol. The molecule has 11 heavy (non-hydrogen) atoms. The van der Waals surface area contributed by atoms with E-state index in [4.69, 9.17) is 6.42 Å². The Labute approximate surface area is 68.9 Å². The van der Waals surface area contributed by atoms with Gasteiger partial charge in [-0.1, -0.05) is 12.2 Å². The SMILES string of the molecule is C#CCCNC1C=CCCC1. The summed E-state index contributed by atoms with van der Waals surface area (Å²) in [4.78, 5) is 0. The van der Waals surface area contributed by atoms with E-state index in [1.807, 2.05) is 0 Å². The second-order valence-electron chi connectivity index (χ2n) is 2.87. The van der Waals surface area contributed by atoms with Crippen molar-refractivity contribution < 1.29 is 0 Å². The summed E-state index contributed by atoms with van der Waals surface area (Å²) in [6.45, 7) is 0.950. The maximum Gasteiger partial charge on any atom is 0.0250 e. The first kappa shape index (κ1) is 8.36. The van der Waals surface area contributed by atoms with Crippen LogP contribution in [0.2, 0.25) is 0 Å². The van der Waals surface area contributed by atoms with Crippen molar-refractivity contribution in [3.05, 3.63) is 12.2 Å². The third-order valence-corrected chi connectivity index (χ3v) is 1.93. The van der Waals surface area contributed by atoms with Crippen molar-refractivity contribution in [1.82, 2.24) is 5.32 Å². The van der Waals surface area contributed by atoms with Crippen LogP contribution in [0.3, 0.4) is 0 Å². The van der Waals surface area contributed by atoms with Gasteiger partial charge in [-0.3, -0.25) is 0 Å². The van der Waals surface area contributed by atoms with E-state index >= 15 is 0 Å². The first-order valence-corrected chi connectivity index (χ1v) is 4.27. The number of hydrogen-bond acceptors (Lipinski definition) is 1. The highest BCUT2D eigenvalue weighted by Crippen LogP contribution is 2.09. The Morgan fingerprint density at radius 3 is 3.18 bits per heavy atom. The quantitative estimate of drug-likeness (QED) is 0.366. The van der Waals surface area contributed by atoms with E-state index in [0.29, 0.717) is 6.04 Å². The van der Waals surface area contributed by atoms with Crippen LogP contribution in [0.5, 0.6) is 0 Å². The summed E-state index contributed by atoms with van der Waals surface area (Å²) in [6.07, 6.45) is 14.3. The molecule has 1 aliphatic carbocycles. The van der Waals surface area contributed by atoms with Gasteiger partial charge in [-0.25, -0.2) is 0 Å². The lowest BCUT2D eigenvalue weighted by Crippen LogP contribution is -2.28. The Kier molecular flexibility index (Phi) is 3.79. The van der Waals surface area contributed by atoms with E-state index in [1.54, 1.807) is 0 Å². The summed E-state index contributed by atoms with van der Waals surface area (Å²) in [5.41, 5.74) is 0. The maximum atomic E-state index is 5.14. The molecule has 1 aliphatic rings. The summed E-state index contributed by atoms with van der Waals surface area (Å²) in [7, 11) is 0. The highest BCUT2D eigenvalue weighted by molar-refractivity contribution is 4.98. The van der Waals surface area contributed by atoms with E-state index in [-0.39, 0.29) is 0 Å². The van der Waals surface area contributed by atoms with Gasteiger partial charge < -0.3 is 5.32 Å². The molecule has 1 rings (SSSR count). The molecular formula is C10H15N. The van der Waals surface area contributed by atoms with Gasteiger partial charge in [-0.05, 0) is 19.3 Å². The average molecular weight is 149 g/mol. The van der Waals surface area contributed by atoms with Crippen LogP contribution in [0.25, 0.3) is 0 Å². The summed E-state index contributed by atoms with van der Waals surface area (Å²) in [5, 5.41) is 3.39. The Hall–Kier alpha value is -0.740. The predicted molar refractivity (Wildman–Crippen MR) is 48.2 cm³/mol. The largest absolute Gasteiger partial charge is 0.310 e. The Bertz CT molecular complexity index is 164. The third kappa shape index (κ3) is 3.25. The molecule has 0 heterocycles. The zero-order chi connectivity index (χ0) is 7.94. The first-order chi connectivity index (χ1) is 5.43. The van der Waals surface area contributed by atoms with Gasteiger partial charge in [0.25, 0.3) is 0 Å². The molecule has 0 aliphatic heterocycles. The Balaban J connectivity index is 2.11. The van der Waals surface area contributed by atoms with Crippen LogP contribution < -0.4 is 5.32 Å². The monoisotopic (exact) mass is 149 g/mol. The van der Waals surface area contributed by atoms with Crippen molar-refractivity contribution in [2.45, 2.75) is 31.7 Å². The number of hydrogen-bond donors (Lipinski definition) is 1. The van der Waals surface area contributed by atoms with Crippen LogP contribution in [0.15, 0.2) is 12.2 Å². The minimum Gasteiger partial charge on any atom is -0.310 e. The molecule has 1 atom stereocenters. The molecule has 0 aromatic carbocycles. The standard InChI is InChI=1S/C10H15N/c1-2-3-9-11-10-7-5-4-6-8-10/h1,5,7,10-11H,3-4,6,8-9H2. The normalized spacial score (nSPS) is 23.0. The van der Waals surface area contributed by atoms with E-state index in [9.17, 15) is 0 Å². The fourth-order valence-electron chi connectivity index (χ4n) is 1.31. The first-order valence-electron chi connectivity index (χ1n) is 4.27. The molecule has 0 saturated heterocycles. The molecule has 0 aromatic heterocycles. The Morgan fingerprint density at radius 2 is 2.55 bits per heavy atom. The fourth-order valence-corrected chi connectivity index (χ4v) is 1.31. The second kappa shape index (κ2) is 4.98. The zero-order valence-electron chi connectivity index (χ0n) is 6.84. The van der Waals surface area contributed by atoms with Crippen LogP contribution in [0.1, 0.15) is 25.7 Å². The summed E-state index contributed by atoms with van der Waals surface area (Å²) >= 11 is 0. The van der Waals surface area contributed by atoms with Gasteiger partial charge in [0.1, 0.15) is 0 Å². The molecule has 1 heteroatoms. The van der Waals surface area contributed by atoms with E-state index in [1.165, 1.54) is 19.3 Å². The van der Waals surface area contributed by atoms with Gasteiger partial charge in [-0.15, -0.1) is 12.3 Å². The minimum absolute atomic E-state index is 0.581. The van der Waals surface area contributed by atoms with Gasteiger partial charge in [-0.2, -0.15) is 0 Å². The molecule has 0 fully saturated rings. The van der Waals surface area contributed by atoms with Crippen LogP contribution in [0.4, 0.5) is 0 Å². The van der Waals surface area contributed by atoms with Gasteiger partial charge in [0.15, 0.2) is 0 Å². The van der Waals surface area contributed by atoms with E-state index in [0.717, 1.165) is 13.0 Å². The van der Waals surface area contributed by atoms with E-state index in [2.05, 4.69) is 23.4 Å². The van der Waals surface area contributed by atoms with Crippen molar-refractivity contribution >= 4 is 0 Å². The van der Waals surface area contributed by atoms with Gasteiger partial charge in [0.05, 0.1) is 0 Å². The lowest BCUT2D eigenvalue weighted by atomic mass is 10.0. The van der Waals surface area contributed by atoms with Crippen LogP contribution in [0, 0.1) is 12.3 Å². The smallest absolute Gasteiger partial charge is 0.0250 e. The molecule has 0 bridgehead atoms. The molecule has 0 saturated carbocycles. The predicted octanol–water partition coefficient (Wildman–Crippen LogP) is 1.71. The second-order valence-corrected chi connectivity index (χ2v) is 2.87. The molecule has 0 spiro atoms. The lowest BCUT2D eigenvalue weighted by Gasteiger charge is -2.16. The molecule has 60 valence electrons. The highest BCUT2D eigenvalue weighted by atomic mass is 14.9. The van der Waals surface area contributed by atoms with Gasteiger partial charge in [0, 0.05) is 19.0 Å². The fraction of sp³-hybridized carbons (Fsp3) is 0.600. The van der Waals surface area contributed by atoms with Crippen LogP contribution >= 0.6 is 0 Å². The number of terminal acetylenes is 1. The minimum atomic E-state index is 0.581. The van der Waals surface area contributed by atoms with Crippen molar-refractivity contribution in [3.8, 4) is 12.3 Å². The summed E-state index contributed by atoms with van der Waals surface area (Å²) in [6, 6.07) is 0.581. The summed E-state index contributed by atoms with van der Waals surface area (Å²) < 4.78 is 0. The molecule has 1 N–H and O–H groups in total. The maximum absolute atomic E-state index is 5.14. The molecule has 1 nitrogen and oxygen atoms in total. The van der Waals surface area contributed by atoms with Crippen molar-refractivity contribution in [3.63, 3.8) is 0 Å². The molecule has 0 radical (unpaired) electrons. The topological polar surface area (TPSA) is 12.0 Å². The molecule has 0 aromatic rings. The van der Waals surface area contributed by atoms with Crippen molar-refractivity contribution in [2.75, 3.05) is 6.54 Å². The van der Waals surface area contributed by atoms with Crippen molar-refractivity contribution in [2.24, 2.45) is 0 Å². The number of rotatable bonds is 3. The van der Waals surface area contributed by atoms with Crippen molar-refractivity contribution in [1.29, 1.82) is 0 Å². The van der Waals surface area contributed by atoms with Crippen LogP contribution in [-0.4, -0.2) is 12.6 Å². The van der Waals surface area contributed by atoms with Crippen LogP contribution in [-0.2, 0) is 0 Å². The third-order valence-electron chi connectivity index (χ3n) is 1.93.